The molecule has 0 saturated heterocycles. The summed E-state index contributed by atoms with van der Waals surface area (Å²) >= 11 is 1.65. The molecule has 136 valence electrons. The van der Waals surface area contributed by atoms with Crippen LogP contribution >= 0.6 is 11.3 Å². The summed E-state index contributed by atoms with van der Waals surface area (Å²) in [6.07, 6.45) is 0. The van der Waals surface area contributed by atoms with E-state index < -0.39 is 11.6 Å². The molecule has 2 heterocycles. The summed E-state index contributed by atoms with van der Waals surface area (Å²) in [6, 6.07) is 15.2. The molecule has 0 aliphatic heterocycles. The van der Waals surface area contributed by atoms with Crippen molar-refractivity contribution in [1.82, 2.24) is 4.57 Å². The van der Waals surface area contributed by atoms with Gasteiger partial charge < -0.3 is 19.2 Å². The minimum absolute atomic E-state index is 0. The number of carboxylic acid groups (broad SMARTS) is 1. The number of carboxylic acids is 1. The van der Waals surface area contributed by atoms with Crippen LogP contribution in [-0.2, 0) is 21.7 Å². The third kappa shape index (κ3) is 4.64. The van der Waals surface area contributed by atoms with Gasteiger partial charge in [0.25, 0.3) is 0 Å². The van der Waals surface area contributed by atoms with Gasteiger partial charge in [0, 0.05) is 12.3 Å². The molecule has 0 N–H and O–H groups in total. The number of aliphatic carboxylic acids is 1. The molecule has 3 rings (SSSR count). The number of benzene rings is 1. The Kier molecular flexibility index (Phi) is 8.06. The third-order valence-electron chi connectivity index (χ3n) is 4.52. The molecule has 0 aliphatic rings. The molecular formula is C21H22KNO3S. The molecule has 0 fully saturated rings. The molecule has 3 aromatic rings. The van der Waals surface area contributed by atoms with Gasteiger partial charge in [-0.15, -0.1) is 11.3 Å². The van der Waals surface area contributed by atoms with E-state index in [1.807, 2.05) is 41.8 Å². The van der Waals surface area contributed by atoms with Crippen molar-refractivity contribution in [1.29, 1.82) is 0 Å². The van der Waals surface area contributed by atoms with E-state index in [0.717, 1.165) is 16.3 Å². The Bertz CT molecular complexity index is 903. The molecule has 1 unspecified atom stereocenters. The van der Waals surface area contributed by atoms with E-state index in [1.54, 1.807) is 30.4 Å². The zero-order valence-corrected chi connectivity index (χ0v) is 20.1. The first-order valence-electron chi connectivity index (χ1n) is 8.60. The molecule has 27 heavy (non-hydrogen) atoms. The number of carbonyl (C=O) groups is 1. The third-order valence-corrected chi connectivity index (χ3v) is 5.59. The summed E-state index contributed by atoms with van der Waals surface area (Å²) in [5.74, 6) is -1.23. The molecule has 6 heteroatoms. The molecular weight excluding hydrogens is 385 g/mol. The minimum Gasteiger partial charge on any atom is -0.547 e. The summed E-state index contributed by atoms with van der Waals surface area (Å²) in [5.41, 5.74) is 2.20. The van der Waals surface area contributed by atoms with Crippen LogP contribution in [0.15, 0.2) is 53.9 Å². The van der Waals surface area contributed by atoms with E-state index in [4.69, 9.17) is 4.74 Å². The predicted molar refractivity (Wildman–Crippen MR) is 102 cm³/mol. The second kappa shape index (κ2) is 9.65. The molecule has 1 atom stereocenters. The minimum atomic E-state index is -1.54. The van der Waals surface area contributed by atoms with Gasteiger partial charge in [0.15, 0.2) is 0 Å². The van der Waals surface area contributed by atoms with Crippen LogP contribution in [0.2, 0.25) is 0 Å². The standard InChI is InChI=1S/C21H23NO3S.K/c1-4-25-21(20(23)24,17-8-6-5-7-9-17)14-22-16(3)10-11-18(22)19-12-15(2)13-26-19;/h5-13H,4,14H2,1-3H3,(H,23,24);/q;+1/p-1. The second-order valence-corrected chi connectivity index (χ2v) is 7.26. The number of ether oxygens (including phenoxy) is 1. The van der Waals surface area contributed by atoms with Gasteiger partial charge in [0.2, 0.25) is 0 Å². The quantitative estimate of drug-likeness (QED) is 0.537. The zero-order valence-electron chi connectivity index (χ0n) is 16.2. The van der Waals surface area contributed by atoms with Gasteiger partial charge in [-0.2, -0.15) is 0 Å². The predicted octanol–water partition coefficient (Wildman–Crippen LogP) is 0.519. The Morgan fingerprint density at radius 3 is 2.44 bits per heavy atom. The van der Waals surface area contributed by atoms with Crippen LogP contribution in [0, 0.1) is 13.8 Å². The molecule has 4 nitrogen and oxygen atoms in total. The van der Waals surface area contributed by atoms with Gasteiger partial charge in [-0.3, -0.25) is 0 Å². The van der Waals surface area contributed by atoms with Crippen LogP contribution in [-0.4, -0.2) is 17.1 Å². The maximum Gasteiger partial charge on any atom is 1.00 e. The molecule has 0 saturated carbocycles. The van der Waals surface area contributed by atoms with E-state index in [0.29, 0.717) is 5.56 Å². The second-order valence-electron chi connectivity index (χ2n) is 6.35. The van der Waals surface area contributed by atoms with Gasteiger partial charge in [-0.05, 0) is 55.5 Å². The van der Waals surface area contributed by atoms with Crippen molar-refractivity contribution >= 4 is 17.3 Å². The summed E-state index contributed by atoms with van der Waals surface area (Å²) in [6.45, 7) is 6.25. The number of hydrogen-bond acceptors (Lipinski definition) is 4. The maximum atomic E-state index is 12.3. The largest absolute Gasteiger partial charge is 1.00 e. The van der Waals surface area contributed by atoms with Gasteiger partial charge >= 0.3 is 51.4 Å². The fourth-order valence-electron chi connectivity index (χ4n) is 3.20. The van der Waals surface area contributed by atoms with Gasteiger partial charge in [0.05, 0.1) is 23.1 Å². The molecule has 0 radical (unpaired) electrons. The van der Waals surface area contributed by atoms with Crippen LogP contribution in [0.5, 0.6) is 0 Å². The van der Waals surface area contributed by atoms with E-state index in [1.165, 1.54) is 5.56 Å². The van der Waals surface area contributed by atoms with Crippen molar-refractivity contribution in [3.63, 3.8) is 0 Å². The Labute approximate surface area is 206 Å². The summed E-state index contributed by atoms with van der Waals surface area (Å²) in [5, 5.41) is 14.3. The van der Waals surface area contributed by atoms with E-state index >= 15 is 0 Å². The normalized spacial score (nSPS) is 13.0. The number of rotatable bonds is 7. The molecule has 0 amide bonds. The van der Waals surface area contributed by atoms with Crippen LogP contribution in [0.3, 0.4) is 0 Å². The molecule has 0 aliphatic carbocycles. The first kappa shape index (κ1) is 22.6. The van der Waals surface area contributed by atoms with Crippen LogP contribution < -0.4 is 56.5 Å². The number of aromatic nitrogens is 1. The van der Waals surface area contributed by atoms with Crippen LogP contribution in [0.1, 0.15) is 23.7 Å². The number of aryl methyl sites for hydroxylation is 2. The summed E-state index contributed by atoms with van der Waals surface area (Å²) in [7, 11) is 0. The fourth-order valence-corrected chi connectivity index (χ4v) is 4.13. The number of hydrogen-bond donors (Lipinski definition) is 0. The first-order chi connectivity index (χ1) is 12.5. The average molecular weight is 408 g/mol. The Morgan fingerprint density at radius 2 is 1.89 bits per heavy atom. The topological polar surface area (TPSA) is 54.3 Å². The number of nitrogens with zero attached hydrogens (tertiary/aromatic N) is 1. The van der Waals surface area contributed by atoms with E-state index in [2.05, 4.69) is 18.4 Å². The summed E-state index contributed by atoms with van der Waals surface area (Å²) in [4.78, 5) is 13.4. The Balaban J connectivity index is 0.00000261. The molecule has 2 aromatic heterocycles. The zero-order chi connectivity index (χ0) is 18.7. The smallest absolute Gasteiger partial charge is 0.547 e. The van der Waals surface area contributed by atoms with Crippen molar-refractivity contribution in [2.75, 3.05) is 6.61 Å². The van der Waals surface area contributed by atoms with Crippen molar-refractivity contribution in [3.8, 4) is 10.6 Å². The SMILES string of the molecule is CCOC(Cn1c(C)ccc1-c1cc(C)cs1)(C(=O)[O-])c1ccccc1.[K+]. The van der Waals surface area contributed by atoms with E-state index in [-0.39, 0.29) is 64.5 Å². The molecule has 0 spiro atoms. The van der Waals surface area contributed by atoms with Crippen molar-refractivity contribution in [2.45, 2.75) is 32.9 Å². The van der Waals surface area contributed by atoms with Crippen LogP contribution in [0.4, 0.5) is 0 Å². The Hall–Kier alpha value is -0.734. The van der Waals surface area contributed by atoms with Crippen molar-refractivity contribution < 1.29 is 66.0 Å². The van der Waals surface area contributed by atoms with Crippen LogP contribution in [0.25, 0.3) is 10.6 Å². The molecule has 0 bridgehead atoms. The average Bonchev–Trinajstić information content (AvgIpc) is 3.21. The fraction of sp³-hybridized carbons (Fsp3) is 0.286. The monoisotopic (exact) mass is 407 g/mol. The summed E-state index contributed by atoms with van der Waals surface area (Å²) < 4.78 is 7.83. The Morgan fingerprint density at radius 1 is 1.19 bits per heavy atom. The number of thiophene rings is 1. The van der Waals surface area contributed by atoms with Gasteiger partial charge in [-0.1, -0.05) is 30.3 Å². The first-order valence-corrected chi connectivity index (χ1v) is 9.48. The van der Waals surface area contributed by atoms with Crippen molar-refractivity contribution in [2.24, 2.45) is 0 Å². The number of carbonyl (C=O) groups excluding carboxylic acids is 1. The van der Waals surface area contributed by atoms with Crippen molar-refractivity contribution in [3.05, 3.63) is 70.7 Å². The van der Waals surface area contributed by atoms with E-state index in [9.17, 15) is 9.90 Å². The molecule has 1 aromatic carbocycles. The maximum absolute atomic E-state index is 12.3. The van der Waals surface area contributed by atoms with Gasteiger partial charge in [-0.25, -0.2) is 0 Å². The van der Waals surface area contributed by atoms with Gasteiger partial charge in [0.1, 0.15) is 5.60 Å².